The summed E-state index contributed by atoms with van der Waals surface area (Å²) in [7, 11) is 1.64. The van der Waals surface area contributed by atoms with Gasteiger partial charge in [-0.2, -0.15) is 0 Å². The Morgan fingerprint density at radius 3 is 2.76 bits per heavy atom. The second-order valence-corrected chi connectivity index (χ2v) is 4.78. The summed E-state index contributed by atoms with van der Waals surface area (Å²) >= 11 is 0. The predicted molar refractivity (Wildman–Crippen MR) is 84.1 cm³/mol. The minimum absolute atomic E-state index is 0.211. The zero-order valence-corrected chi connectivity index (χ0v) is 12.1. The third kappa shape index (κ3) is 3.81. The summed E-state index contributed by atoms with van der Waals surface area (Å²) in [5.74, 6) is 5.26. The number of nitrogens with one attached hydrogen (secondary N) is 2. The fourth-order valence-electron chi connectivity index (χ4n) is 2.08. The second-order valence-electron chi connectivity index (χ2n) is 4.78. The first-order valence-electron chi connectivity index (χ1n) is 6.60. The number of hydrazine groups is 1. The number of anilines is 2. The molecule has 5 nitrogen and oxygen atoms in total. The molecule has 0 heterocycles. The number of hydrogen-bond donors (Lipinski definition) is 3. The molecular weight excluding hydrogens is 266 g/mol. The van der Waals surface area contributed by atoms with E-state index in [9.17, 15) is 4.79 Å². The predicted octanol–water partition coefficient (Wildman–Crippen LogP) is 2.68. The lowest BCUT2D eigenvalue weighted by atomic mass is 10.1. The monoisotopic (exact) mass is 285 g/mol. The second kappa shape index (κ2) is 6.88. The summed E-state index contributed by atoms with van der Waals surface area (Å²) < 4.78 is 5.08. The van der Waals surface area contributed by atoms with Crippen molar-refractivity contribution in [2.75, 3.05) is 17.9 Å². The lowest BCUT2D eigenvalue weighted by molar-refractivity contribution is 0.102. The Labute approximate surface area is 124 Å². The number of carbonyl (C=O) groups is 1. The molecule has 0 radical (unpaired) electrons. The number of nitrogens with two attached hydrogens (primary N) is 1. The van der Waals surface area contributed by atoms with Crippen LogP contribution in [0.2, 0.25) is 0 Å². The fourth-order valence-corrected chi connectivity index (χ4v) is 2.08. The number of ether oxygens (including phenoxy) is 1. The van der Waals surface area contributed by atoms with E-state index in [0.29, 0.717) is 17.9 Å². The maximum absolute atomic E-state index is 12.3. The fraction of sp³-hybridized carbons (Fsp3) is 0.188. The van der Waals surface area contributed by atoms with Crippen LogP contribution in [0.15, 0.2) is 42.5 Å². The molecule has 2 aromatic carbocycles. The summed E-state index contributed by atoms with van der Waals surface area (Å²) in [6.45, 7) is 2.45. The minimum atomic E-state index is -0.211. The van der Waals surface area contributed by atoms with Crippen molar-refractivity contribution in [2.45, 2.75) is 13.5 Å². The van der Waals surface area contributed by atoms with E-state index < -0.39 is 0 Å². The largest absolute Gasteiger partial charge is 0.380 e. The number of rotatable bonds is 5. The molecule has 0 aliphatic carbocycles. The Kier molecular flexibility index (Phi) is 4.92. The van der Waals surface area contributed by atoms with E-state index in [4.69, 9.17) is 10.6 Å². The molecule has 0 aliphatic rings. The van der Waals surface area contributed by atoms with Crippen LogP contribution < -0.4 is 16.6 Å². The molecule has 2 aromatic rings. The van der Waals surface area contributed by atoms with E-state index in [0.717, 1.165) is 16.8 Å². The van der Waals surface area contributed by atoms with Gasteiger partial charge in [0.1, 0.15) is 0 Å². The number of carbonyl (C=O) groups excluding carboxylic acids is 1. The van der Waals surface area contributed by atoms with E-state index in [1.54, 1.807) is 13.2 Å². The Morgan fingerprint density at radius 1 is 1.24 bits per heavy atom. The standard InChI is InChI=1S/C16H19N3O2/c1-11-6-7-14(15(8-11)19-17)16(20)18-13-5-3-4-12(9-13)10-21-2/h3-9,19H,10,17H2,1-2H3,(H,18,20). The Hall–Kier alpha value is -2.37. The van der Waals surface area contributed by atoms with Crippen molar-refractivity contribution < 1.29 is 9.53 Å². The lowest BCUT2D eigenvalue weighted by Crippen LogP contribution is -2.17. The van der Waals surface area contributed by atoms with Gasteiger partial charge in [0.05, 0.1) is 17.9 Å². The smallest absolute Gasteiger partial charge is 0.257 e. The molecular formula is C16H19N3O2. The molecule has 0 fully saturated rings. The van der Waals surface area contributed by atoms with Crippen molar-refractivity contribution in [3.8, 4) is 0 Å². The van der Waals surface area contributed by atoms with Gasteiger partial charge in [-0.05, 0) is 42.3 Å². The van der Waals surface area contributed by atoms with Gasteiger partial charge in [-0.3, -0.25) is 10.6 Å². The van der Waals surface area contributed by atoms with E-state index >= 15 is 0 Å². The zero-order valence-electron chi connectivity index (χ0n) is 12.1. The summed E-state index contributed by atoms with van der Waals surface area (Å²) in [6.07, 6.45) is 0. The van der Waals surface area contributed by atoms with Crippen LogP contribution in [-0.4, -0.2) is 13.0 Å². The van der Waals surface area contributed by atoms with Crippen molar-refractivity contribution in [3.63, 3.8) is 0 Å². The maximum Gasteiger partial charge on any atom is 0.257 e. The third-order valence-electron chi connectivity index (χ3n) is 3.07. The molecule has 1 amide bonds. The van der Waals surface area contributed by atoms with Crippen molar-refractivity contribution in [3.05, 3.63) is 59.2 Å². The van der Waals surface area contributed by atoms with Crippen molar-refractivity contribution in [1.29, 1.82) is 0 Å². The van der Waals surface area contributed by atoms with Crippen LogP contribution in [0.1, 0.15) is 21.5 Å². The number of benzene rings is 2. The molecule has 2 rings (SSSR count). The number of amides is 1. The van der Waals surface area contributed by atoms with Crippen molar-refractivity contribution in [1.82, 2.24) is 0 Å². The molecule has 0 unspecified atom stereocenters. The lowest BCUT2D eigenvalue weighted by Gasteiger charge is -2.11. The first-order chi connectivity index (χ1) is 10.1. The highest BCUT2D eigenvalue weighted by molar-refractivity contribution is 6.08. The number of hydrogen-bond acceptors (Lipinski definition) is 4. The highest BCUT2D eigenvalue weighted by Crippen LogP contribution is 2.19. The summed E-state index contributed by atoms with van der Waals surface area (Å²) in [5, 5.41) is 2.86. The number of methoxy groups -OCH3 is 1. The summed E-state index contributed by atoms with van der Waals surface area (Å²) in [6, 6.07) is 13.0. The van der Waals surface area contributed by atoms with Crippen LogP contribution in [-0.2, 0) is 11.3 Å². The molecule has 110 valence electrons. The number of nitrogen functional groups attached to an aromatic ring is 1. The minimum Gasteiger partial charge on any atom is -0.380 e. The summed E-state index contributed by atoms with van der Waals surface area (Å²) in [5.41, 5.74) is 6.40. The average molecular weight is 285 g/mol. The third-order valence-corrected chi connectivity index (χ3v) is 3.07. The molecule has 0 saturated heterocycles. The molecule has 5 heteroatoms. The molecule has 0 aromatic heterocycles. The molecule has 0 aliphatic heterocycles. The molecule has 0 saturated carbocycles. The van der Waals surface area contributed by atoms with Gasteiger partial charge in [0, 0.05) is 12.8 Å². The van der Waals surface area contributed by atoms with Gasteiger partial charge in [-0.15, -0.1) is 0 Å². The average Bonchev–Trinajstić information content (AvgIpc) is 2.47. The van der Waals surface area contributed by atoms with E-state index in [-0.39, 0.29) is 5.91 Å². The van der Waals surface area contributed by atoms with E-state index in [2.05, 4.69) is 10.7 Å². The van der Waals surface area contributed by atoms with Gasteiger partial charge in [-0.25, -0.2) is 0 Å². The van der Waals surface area contributed by atoms with Gasteiger partial charge in [0.2, 0.25) is 0 Å². The molecule has 0 spiro atoms. The highest BCUT2D eigenvalue weighted by atomic mass is 16.5. The van der Waals surface area contributed by atoms with Crippen LogP contribution in [0, 0.1) is 6.92 Å². The maximum atomic E-state index is 12.3. The first-order valence-corrected chi connectivity index (χ1v) is 6.60. The topological polar surface area (TPSA) is 76.4 Å². The number of aryl methyl sites for hydroxylation is 1. The highest BCUT2D eigenvalue weighted by Gasteiger charge is 2.11. The van der Waals surface area contributed by atoms with Gasteiger partial charge >= 0.3 is 0 Å². The van der Waals surface area contributed by atoms with Gasteiger partial charge in [0.15, 0.2) is 0 Å². The Morgan fingerprint density at radius 2 is 2.05 bits per heavy atom. The van der Waals surface area contributed by atoms with Crippen LogP contribution >= 0.6 is 0 Å². The van der Waals surface area contributed by atoms with Crippen LogP contribution in [0.4, 0.5) is 11.4 Å². The van der Waals surface area contributed by atoms with Gasteiger partial charge in [-0.1, -0.05) is 18.2 Å². The van der Waals surface area contributed by atoms with Crippen molar-refractivity contribution in [2.24, 2.45) is 5.84 Å². The zero-order chi connectivity index (χ0) is 15.2. The Balaban J connectivity index is 2.20. The molecule has 21 heavy (non-hydrogen) atoms. The molecule has 4 N–H and O–H groups in total. The van der Waals surface area contributed by atoms with Gasteiger partial charge in [0.25, 0.3) is 5.91 Å². The molecule has 0 bridgehead atoms. The van der Waals surface area contributed by atoms with Gasteiger partial charge < -0.3 is 15.5 Å². The molecule has 0 atom stereocenters. The van der Waals surface area contributed by atoms with Crippen LogP contribution in [0.25, 0.3) is 0 Å². The summed E-state index contributed by atoms with van der Waals surface area (Å²) in [4.78, 5) is 12.3. The van der Waals surface area contributed by atoms with Crippen molar-refractivity contribution >= 4 is 17.3 Å². The van der Waals surface area contributed by atoms with Crippen LogP contribution in [0.3, 0.4) is 0 Å². The normalized spacial score (nSPS) is 10.2. The SMILES string of the molecule is COCc1cccc(NC(=O)c2ccc(C)cc2NN)c1. The van der Waals surface area contributed by atoms with E-state index in [1.807, 2.05) is 43.3 Å². The Bertz CT molecular complexity index is 641. The first kappa shape index (κ1) is 15.0. The van der Waals surface area contributed by atoms with Crippen LogP contribution in [0.5, 0.6) is 0 Å². The quantitative estimate of drug-likeness (QED) is 0.583. The van der Waals surface area contributed by atoms with E-state index in [1.165, 1.54) is 0 Å².